The number of methoxy groups -OCH3 is 1. The molecular weight excluding hydrogens is 354 g/mol. The van der Waals surface area contributed by atoms with Crippen LogP contribution in [0.5, 0.6) is 0 Å². The molecule has 2 N–H and O–H groups in total. The first-order valence-electron chi connectivity index (χ1n) is 7.77. The third kappa shape index (κ3) is 5.93. The third-order valence-electron chi connectivity index (χ3n) is 3.23. The van der Waals surface area contributed by atoms with E-state index in [1.165, 1.54) is 0 Å². The van der Waals surface area contributed by atoms with Crippen LogP contribution in [0.25, 0.3) is 0 Å². The second-order valence-electron chi connectivity index (χ2n) is 5.33. The maximum absolute atomic E-state index is 12.1. The summed E-state index contributed by atoms with van der Waals surface area (Å²) in [5.74, 6) is -3.15. The van der Waals surface area contributed by atoms with Crippen molar-refractivity contribution in [2.45, 2.75) is 51.5 Å². The van der Waals surface area contributed by atoms with Crippen LogP contribution in [0.2, 0.25) is 0 Å². The molecule has 11 heteroatoms. The Morgan fingerprint density at radius 3 is 1.85 bits per heavy atom. The zero-order valence-corrected chi connectivity index (χ0v) is 15.0. The molecule has 0 saturated carbocycles. The Balaban J connectivity index is 3.30. The summed E-state index contributed by atoms with van der Waals surface area (Å²) in [5.41, 5.74) is 5.39. The molecule has 11 nitrogen and oxygen atoms in total. The van der Waals surface area contributed by atoms with Gasteiger partial charge in [0.2, 0.25) is 0 Å². The topological polar surface area (TPSA) is 150 Å². The summed E-state index contributed by atoms with van der Waals surface area (Å²) in [6.45, 7) is 3.44. The smallest absolute Gasteiger partial charge is 0.339 e. The van der Waals surface area contributed by atoms with E-state index in [-0.39, 0.29) is 13.2 Å². The molecule has 5 unspecified atom stereocenters. The van der Waals surface area contributed by atoms with Crippen LogP contribution < -0.4 is 5.73 Å². The van der Waals surface area contributed by atoms with Crippen molar-refractivity contribution >= 4 is 23.9 Å². The predicted octanol–water partition coefficient (Wildman–Crippen LogP) is -1.35. The van der Waals surface area contributed by atoms with Crippen LogP contribution >= 0.6 is 0 Å². The number of carbonyl (C=O) groups excluding carboxylic acids is 4. The molecule has 1 saturated heterocycles. The van der Waals surface area contributed by atoms with Gasteiger partial charge in [0.05, 0.1) is 13.7 Å². The molecule has 0 aromatic carbocycles. The van der Waals surface area contributed by atoms with Gasteiger partial charge in [-0.3, -0.25) is 14.4 Å². The van der Waals surface area contributed by atoms with Crippen molar-refractivity contribution in [3.8, 4) is 0 Å². The number of carbonyl (C=O) groups is 4. The Kier molecular flexibility index (Phi) is 8.42. The van der Waals surface area contributed by atoms with Gasteiger partial charge < -0.3 is 34.2 Å². The van der Waals surface area contributed by atoms with E-state index in [4.69, 9.17) is 29.4 Å². The monoisotopic (exact) mass is 377 g/mol. The molecule has 1 rings (SSSR count). The fourth-order valence-corrected chi connectivity index (χ4v) is 2.40. The van der Waals surface area contributed by atoms with Gasteiger partial charge in [-0.25, -0.2) is 4.79 Å². The van der Waals surface area contributed by atoms with E-state index in [0.29, 0.717) is 0 Å². The van der Waals surface area contributed by atoms with Crippen molar-refractivity contribution in [1.29, 1.82) is 0 Å². The Hall–Kier alpha value is -2.24. The van der Waals surface area contributed by atoms with Gasteiger partial charge in [-0.15, -0.1) is 0 Å². The average molecular weight is 377 g/mol. The van der Waals surface area contributed by atoms with E-state index in [9.17, 15) is 19.2 Å². The molecule has 1 fully saturated rings. The Labute approximate surface area is 150 Å². The molecule has 0 radical (unpaired) electrons. The standard InChI is InChI=1S/C15H23NO10/c1-7(17)23-10-11(24-8(2)18)13(25-9(3)19)15(22-6-5-16)26-12(10)14(20)21-4/h10-13,15H,5-6,16H2,1-4H3. The number of nitrogens with two attached hydrogens (primary N) is 1. The summed E-state index contributed by atoms with van der Waals surface area (Å²) in [7, 11) is 1.10. The van der Waals surface area contributed by atoms with Gasteiger partial charge in [-0.05, 0) is 0 Å². The molecule has 1 heterocycles. The Morgan fingerprint density at radius 2 is 1.38 bits per heavy atom. The van der Waals surface area contributed by atoms with Crippen molar-refractivity contribution in [3.63, 3.8) is 0 Å². The van der Waals surface area contributed by atoms with Gasteiger partial charge >= 0.3 is 23.9 Å². The van der Waals surface area contributed by atoms with Crippen LogP contribution in [0, 0.1) is 0 Å². The Bertz CT molecular complexity index is 537. The maximum Gasteiger partial charge on any atom is 0.339 e. The van der Waals surface area contributed by atoms with E-state index < -0.39 is 54.6 Å². The third-order valence-corrected chi connectivity index (χ3v) is 3.23. The molecule has 1 aliphatic heterocycles. The van der Waals surface area contributed by atoms with Crippen molar-refractivity contribution in [3.05, 3.63) is 0 Å². The van der Waals surface area contributed by atoms with Crippen LogP contribution in [0.4, 0.5) is 0 Å². The average Bonchev–Trinajstić information content (AvgIpc) is 2.55. The van der Waals surface area contributed by atoms with Gasteiger partial charge in [0.25, 0.3) is 0 Å². The van der Waals surface area contributed by atoms with Crippen LogP contribution in [-0.4, -0.2) is 74.8 Å². The SMILES string of the molecule is COC(=O)C1OC(OCCN)C(OC(C)=O)C(OC(C)=O)C1OC(C)=O. The highest BCUT2D eigenvalue weighted by atomic mass is 16.7. The summed E-state index contributed by atoms with van der Waals surface area (Å²) in [4.78, 5) is 46.5. The van der Waals surface area contributed by atoms with E-state index >= 15 is 0 Å². The van der Waals surface area contributed by atoms with Crippen molar-refractivity contribution in [2.24, 2.45) is 5.73 Å². The largest absolute Gasteiger partial charge is 0.467 e. The molecule has 5 atom stereocenters. The van der Waals surface area contributed by atoms with Crippen molar-refractivity contribution in [2.75, 3.05) is 20.3 Å². The summed E-state index contributed by atoms with van der Waals surface area (Å²) >= 11 is 0. The highest BCUT2D eigenvalue weighted by Crippen LogP contribution is 2.30. The molecule has 1 aliphatic rings. The molecule has 0 spiro atoms. The lowest BCUT2D eigenvalue weighted by Crippen LogP contribution is -2.64. The second-order valence-corrected chi connectivity index (χ2v) is 5.33. The first kappa shape index (κ1) is 21.8. The minimum absolute atomic E-state index is 0.00134. The van der Waals surface area contributed by atoms with Crippen molar-refractivity contribution in [1.82, 2.24) is 0 Å². The fraction of sp³-hybridized carbons (Fsp3) is 0.733. The Morgan fingerprint density at radius 1 is 0.885 bits per heavy atom. The lowest BCUT2D eigenvalue weighted by molar-refractivity contribution is -0.301. The molecular formula is C15H23NO10. The van der Waals surface area contributed by atoms with Gasteiger partial charge in [0.15, 0.2) is 30.7 Å². The molecule has 0 aromatic rings. The predicted molar refractivity (Wildman–Crippen MR) is 82.3 cm³/mol. The second kappa shape index (κ2) is 10.0. The van der Waals surface area contributed by atoms with E-state index in [0.717, 1.165) is 27.9 Å². The minimum Gasteiger partial charge on any atom is -0.467 e. The van der Waals surface area contributed by atoms with Crippen LogP contribution in [-0.2, 0) is 47.6 Å². The summed E-state index contributed by atoms with van der Waals surface area (Å²) in [5, 5.41) is 0. The number of esters is 4. The van der Waals surface area contributed by atoms with E-state index in [2.05, 4.69) is 4.74 Å². The highest BCUT2D eigenvalue weighted by molar-refractivity contribution is 5.77. The van der Waals surface area contributed by atoms with Gasteiger partial charge in [0.1, 0.15) is 0 Å². The number of hydrogen-bond donors (Lipinski definition) is 1. The highest BCUT2D eigenvalue weighted by Gasteiger charge is 2.55. The minimum atomic E-state index is -1.47. The quantitative estimate of drug-likeness (QED) is 0.414. The molecule has 0 amide bonds. The summed E-state index contributed by atoms with van der Waals surface area (Å²) in [6.07, 6.45) is -6.84. The zero-order valence-electron chi connectivity index (χ0n) is 15.0. The zero-order chi connectivity index (χ0) is 19.9. The lowest BCUT2D eigenvalue weighted by Gasteiger charge is -2.43. The molecule has 0 bridgehead atoms. The lowest BCUT2D eigenvalue weighted by atomic mass is 9.97. The summed E-state index contributed by atoms with van der Waals surface area (Å²) in [6, 6.07) is 0. The van der Waals surface area contributed by atoms with E-state index in [1.54, 1.807) is 0 Å². The number of hydrogen-bond acceptors (Lipinski definition) is 11. The molecule has 148 valence electrons. The first-order valence-corrected chi connectivity index (χ1v) is 7.77. The van der Waals surface area contributed by atoms with Crippen LogP contribution in [0.1, 0.15) is 20.8 Å². The maximum atomic E-state index is 12.1. The van der Waals surface area contributed by atoms with Gasteiger partial charge in [-0.2, -0.15) is 0 Å². The van der Waals surface area contributed by atoms with Crippen LogP contribution in [0.3, 0.4) is 0 Å². The van der Waals surface area contributed by atoms with Crippen LogP contribution in [0.15, 0.2) is 0 Å². The summed E-state index contributed by atoms with van der Waals surface area (Å²) < 4.78 is 30.9. The van der Waals surface area contributed by atoms with Gasteiger partial charge in [-0.1, -0.05) is 0 Å². The fourth-order valence-electron chi connectivity index (χ4n) is 2.40. The molecule has 0 aliphatic carbocycles. The number of rotatable bonds is 7. The normalized spacial score (nSPS) is 28.0. The first-order chi connectivity index (χ1) is 12.2. The number of ether oxygens (including phenoxy) is 6. The van der Waals surface area contributed by atoms with Crippen molar-refractivity contribution < 1.29 is 47.6 Å². The van der Waals surface area contributed by atoms with Gasteiger partial charge in [0, 0.05) is 27.3 Å². The van der Waals surface area contributed by atoms with E-state index in [1.807, 2.05) is 0 Å². The molecule has 0 aromatic heterocycles. The molecule has 26 heavy (non-hydrogen) atoms.